The number of amides is 3. The normalized spacial score (nSPS) is 22.0. The number of benzene rings is 1. The fourth-order valence-electron chi connectivity index (χ4n) is 3.25. The van der Waals surface area contributed by atoms with E-state index in [4.69, 9.17) is 0 Å². The van der Waals surface area contributed by atoms with Crippen molar-refractivity contribution in [2.75, 3.05) is 25.4 Å². The van der Waals surface area contributed by atoms with Crippen molar-refractivity contribution in [1.29, 1.82) is 0 Å². The van der Waals surface area contributed by atoms with Gasteiger partial charge < -0.3 is 4.90 Å². The quantitative estimate of drug-likeness (QED) is 0.787. The molecule has 128 valence electrons. The summed E-state index contributed by atoms with van der Waals surface area (Å²) in [6.45, 7) is 3.36. The molecule has 2 aliphatic rings. The van der Waals surface area contributed by atoms with Crippen molar-refractivity contribution in [3.63, 3.8) is 0 Å². The van der Waals surface area contributed by atoms with Gasteiger partial charge in [-0.2, -0.15) is 11.8 Å². The van der Waals surface area contributed by atoms with Crippen LogP contribution in [0.3, 0.4) is 0 Å². The Morgan fingerprint density at radius 1 is 1.17 bits per heavy atom. The van der Waals surface area contributed by atoms with E-state index in [2.05, 4.69) is 25.1 Å². The van der Waals surface area contributed by atoms with Crippen LogP contribution in [0.1, 0.15) is 35.6 Å². The molecule has 2 aliphatic heterocycles. The second kappa shape index (κ2) is 7.38. The van der Waals surface area contributed by atoms with Gasteiger partial charge in [0.1, 0.15) is 6.54 Å². The highest BCUT2D eigenvalue weighted by atomic mass is 32.2. The van der Waals surface area contributed by atoms with Gasteiger partial charge in [0.15, 0.2) is 0 Å². The van der Waals surface area contributed by atoms with E-state index in [1.807, 2.05) is 17.8 Å². The second-order valence-corrected chi connectivity index (χ2v) is 7.57. The van der Waals surface area contributed by atoms with Gasteiger partial charge in [-0.15, -0.1) is 0 Å². The average Bonchev–Trinajstić information content (AvgIpc) is 2.79. The monoisotopic (exact) mass is 346 g/mol. The molecule has 2 saturated heterocycles. The van der Waals surface area contributed by atoms with E-state index in [1.54, 1.807) is 4.90 Å². The Kier molecular flexibility index (Phi) is 5.23. The highest BCUT2D eigenvalue weighted by molar-refractivity contribution is 7.99. The van der Waals surface area contributed by atoms with Gasteiger partial charge in [0.25, 0.3) is 0 Å². The molecule has 1 atom stereocenters. The zero-order chi connectivity index (χ0) is 17.1. The first-order valence-electron chi connectivity index (χ1n) is 8.34. The molecule has 0 spiro atoms. The summed E-state index contributed by atoms with van der Waals surface area (Å²) < 4.78 is 0. The summed E-state index contributed by atoms with van der Waals surface area (Å²) in [6, 6.07) is 8.38. The summed E-state index contributed by atoms with van der Waals surface area (Å²) in [6.07, 6.45) is 1.36. The number of carbonyl (C=O) groups is 3. The Bertz CT molecular complexity index is 645. The number of carbonyl (C=O) groups excluding carboxylic acids is 3. The molecule has 3 amide bonds. The lowest BCUT2D eigenvalue weighted by Gasteiger charge is -2.23. The number of imide groups is 1. The lowest BCUT2D eigenvalue weighted by molar-refractivity contribution is -0.145. The van der Waals surface area contributed by atoms with E-state index in [9.17, 15) is 14.4 Å². The lowest BCUT2D eigenvalue weighted by atomic mass is 10.0. The minimum absolute atomic E-state index is 0.0998. The molecule has 6 heteroatoms. The highest BCUT2D eigenvalue weighted by Crippen LogP contribution is 2.35. The predicted octanol–water partition coefficient (Wildman–Crippen LogP) is 2.15. The number of nitrogens with zero attached hydrogens (tertiary/aromatic N) is 2. The SMILES string of the molecule is Cc1ccccc1[C@@H]1CCN(C(=O)CN2C(=O)CCC2=O)CCS1. The maximum atomic E-state index is 12.5. The molecule has 1 aromatic carbocycles. The summed E-state index contributed by atoms with van der Waals surface area (Å²) in [5.41, 5.74) is 2.62. The maximum absolute atomic E-state index is 12.5. The minimum atomic E-state index is -0.227. The van der Waals surface area contributed by atoms with Crippen LogP contribution in [0.2, 0.25) is 0 Å². The average molecular weight is 346 g/mol. The van der Waals surface area contributed by atoms with E-state index in [1.165, 1.54) is 11.1 Å². The minimum Gasteiger partial charge on any atom is -0.340 e. The Labute approximate surface area is 146 Å². The molecular formula is C18H22N2O3S. The number of aryl methyl sites for hydroxylation is 1. The van der Waals surface area contributed by atoms with Crippen LogP contribution in [-0.2, 0) is 14.4 Å². The third-order valence-electron chi connectivity index (χ3n) is 4.68. The zero-order valence-corrected chi connectivity index (χ0v) is 14.7. The Hall–Kier alpha value is -1.82. The summed E-state index contributed by atoms with van der Waals surface area (Å²) in [4.78, 5) is 38.7. The zero-order valence-electron chi connectivity index (χ0n) is 13.9. The molecule has 0 aliphatic carbocycles. The Balaban J connectivity index is 1.61. The van der Waals surface area contributed by atoms with Crippen LogP contribution in [0.25, 0.3) is 0 Å². The number of hydrogen-bond donors (Lipinski definition) is 0. The van der Waals surface area contributed by atoms with Crippen molar-refractivity contribution in [3.8, 4) is 0 Å². The summed E-state index contributed by atoms with van der Waals surface area (Å²) in [5.74, 6) is 0.294. The van der Waals surface area contributed by atoms with E-state index >= 15 is 0 Å². The maximum Gasteiger partial charge on any atom is 0.242 e. The topological polar surface area (TPSA) is 57.7 Å². The van der Waals surface area contributed by atoms with Crippen LogP contribution in [0, 0.1) is 6.92 Å². The molecule has 0 saturated carbocycles. The molecule has 1 aromatic rings. The van der Waals surface area contributed by atoms with Crippen LogP contribution < -0.4 is 0 Å². The van der Waals surface area contributed by atoms with Gasteiger partial charge in [-0.05, 0) is 24.5 Å². The fraction of sp³-hybridized carbons (Fsp3) is 0.500. The van der Waals surface area contributed by atoms with E-state index in [0.29, 0.717) is 18.3 Å². The van der Waals surface area contributed by atoms with E-state index < -0.39 is 0 Å². The summed E-state index contributed by atoms with van der Waals surface area (Å²) in [5, 5.41) is 0.388. The van der Waals surface area contributed by atoms with E-state index in [0.717, 1.165) is 17.1 Å². The molecule has 0 radical (unpaired) electrons. The van der Waals surface area contributed by atoms with Crippen molar-refractivity contribution < 1.29 is 14.4 Å². The fourth-order valence-corrected chi connectivity index (χ4v) is 4.58. The summed E-state index contributed by atoms with van der Waals surface area (Å²) in [7, 11) is 0. The van der Waals surface area contributed by atoms with Crippen LogP contribution in [0.4, 0.5) is 0 Å². The van der Waals surface area contributed by atoms with E-state index in [-0.39, 0.29) is 37.1 Å². The largest absolute Gasteiger partial charge is 0.340 e. The molecule has 2 heterocycles. The number of thioether (sulfide) groups is 1. The molecule has 24 heavy (non-hydrogen) atoms. The van der Waals surface area contributed by atoms with Gasteiger partial charge in [0.05, 0.1) is 0 Å². The molecule has 0 N–H and O–H groups in total. The second-order valence-electron chi connectivity index (χ2n) is 6.26. The first-order valence-corrected chi connectivity index (χ1v) is 9.39. The van der Waals surface area contributed by atoms with Crippen LogP contribution in [-0.4, -0.2) is 52.9 Å². The number of likely N-dealkylation sites (tertiary alicyclic amines) is 1. The third-order valence-corrected chi connectivity index (χ3v) is 5.99. The standard InChI is InChI=1S/C18H22N2O3S/c1-13-4-2-3-5-14(13)15-8-9-19(10-11-24-15)18(23)12-20-16(21)6-7-17(20)22/h2-5,15H,6-12H2,1H3/t15-/m0/s1. The Morgan fingerprint density at radius 2 is 1.88 bits per heavy atom. The highest BCUT2D eigenvalue weighted by Gasteiger charge is 2.32. The first kappa shape index (κ1) is 17.0. The van der Waals surface area contributed by atoms with Gasteiger partial charge in [-0.1, -0.05) is 24.3 Å². The van der Waals surface area contributed by atoms with Crippen molar-refractivity contribution in [3.05, 3.63) is 35.4 Å². The van der Waals surface area contributed by atoms with Gasteiger partial charge in [-0.3, -0.25) is 19.3 Å². The molecule has 3 rings (SSSR count). The van der Waals surface area contributed by atoms with Crippen molar-refractivity contribution in [2.45, 2.75) is 31.4 Å². The lowest BCUT2D eigenvalue weighted by Crippen LogP contribution is -2.43. The van der Waals surface area contributed by atoms with Gasteiger partial charge >= 0.3 is 0 Å². The van der Waals surface area contributed by atoms with Crippen molar-refractivity contribution in [2.24, 2.45) is 0 Å². The van der Waals surface area contributed by atoms with Crippen molar-refractivity contribution >= 4 is 29.5 Å². The van der Waals surface area contributed by atoms with Crippen LogP contribution in [0.15, 0.2) is 24.3 Å². The number of rotatable bonds is 3. The van der Waals surface area contributed by atoms with Gasteiger partial charge in [-0.25, -0.2) is 0 Å². The van der Waals surface area contributed by atoms with Crippen molar-refractivity contribution in [1.82, 2.24) is 9.80 Å². The third kappa shape index (κ3) is 3.64. The predicted molar refractivity (Wildman–Crippen MR) is 93.5 cm³/mol. The molecule has 0 unspecified atom stereocenters. The molecule has 0 bridgehead atoms. The Morgan fingerprint density at radius 3 is 2.58 bits per heavy atom. The number of hydrogen-bond acceptors (Lipinski definition) is 4. The van der Waals surface area contributed by atoms with Gasteiger partial charge in [0.2, 0.25) is 17.7 Å². The molecule has 5 nitrogen and oxygen atoms in total. The van der Waals surface area contributed by atoms with Gasteiger partial charge in [0, 0.05) is 36.9 Å². The molecule has 0 aromatic heterocycles. The smallest absolute Gasteiger partial charge is 0.242 e. The van der Waals surface area contributed by atoms with Crippen LogP contribution in [0.5, 0.6) is 0 Å². The molecule has 2 fully saturated rings. The summed E-state index contributed by atoms with van der Waals surface area (Å²) >= 11 is 1.87. The molecular weight excluding hydrogens is 324 g/mol. The first-order chi connectivity index (χ1) is 11.6. The van der Waals surface area contributed by atoms with Crippen LogP contribution >= 0.6 is 11.8 Å².